The summed E-state index contributed by atoms with van der Waals surface area (Å²) >= 11 is 0. The fourth-order valence-electron chi connectivity index (χ4n) is 2.50. The predicted molar refractivity (Wildman–Crippen MR) is 39.7 cm³/mol. The predicted octanol–water partition coefficient (Wildman–Crippen LogP) is 0.319. The molecule has 10 heavy (non-hydrogen) atoms. The van der Waals surface area contributed by atoms with Gasteiger partial charge >= 0.3 is 0 Å². The maximum absolute atomic E-state index is 9.30. The fourth-order valence-corrected chi connectivity index (χ4v) is 2.50. The molecule has 0 spiro atoms. The van der Waals surface area contributed by atoms with Crippen LogP contribution < -0.4 is 0 Å². The van der Waals surface area contributed by atoms with E-state index in [-0.39, 0.29) is 6.10 Å². The molecule has 1 N–H and O–H groups in total. The monoisotopic (exact) mass is 141 g/mol. The Morgan fingerprint density at radius 1 is 1.20 bits per heavy atom. The second-order valence-electron chi connectivity index (χ2n) is 3.87. The Morgan fingerprint density at radius 3 is 2.20 bits per heavy atom. The minimum absolute atomic E-state index is 0.0173. The molecule has 1 aliphatic heterocycles. The van der Waals surface area contributed by atoms with Gasteiger partial charge in [-0.3, -0.25) is 0 Å². The second kappa shape index (κ2) is 2.21. The number of rotatable bonds is 0. The Hall–Kier alpha value is -0.0800. The molecule has 2 aliphatic rings. The van der Waals surface area contributed by atoms with E-state index in [1.807, 2.05) is 0 Å². The van der Waals surface area contributed by atoms with Gasteiger partial charge in [0.25, 0.3) is 0 Å². The first kappa shape index (κ1) is 6.62. The second-order valence-corrected chi connectivity index (χ2v) is 3.87. The molecule has 2 rings (SSSR count). The van der Waals surface area contributed by atoms with Crippen LogP contribution in [0.25, 0.3) is 0 Å². The van der Waals surface area contributed by atoms with Crippen LogP contribution in [0.2, 0.25) is 0 Å². The molecule has 1 unspecified atom stereocenters. The third-order valence-corrected chi connectivity index (χ3v) is 2.91. The van der Waals surface area contributed by atoms with Crippen molar-refractivity contribution in [1.29, 1.82) is 0 Å². The number of hydrogen-bond acceptors (Lipinski definition) is 2. The summed E-state index contributed by atoms with van der Waals surface area (Å²) in [7, 11) is 2.17. The normalized spacial score (nSPS) is 48.0. The first-order chi connectivity index (χ1) is 4.75. The molecular weight excluding hydrogens is 126 g/mol. The van der Waals surface area contributed by atoms with Crippen molar-refractivity contribution in [3.8, 4) is 0 Å². The Morgan fingerprint density at radius 2 is 1.70 bits per heavy atom. The van der Waals surface area contributed by atoms with Gasteiger partial charge in [-0.25, -0.2) is 0 Å². The van der Waals surface area contributed by atoms with E-state index in [0.717, 1.165) is 24.7 Å². The highest BCUT2D eigenvalue weighted by molar-refractivity contribution is 4.90. The highest BCUT2D eigenvalue weighted by Crippen LogP contribution is 2.37. The van der Waals surface area contributed by atoms with Gasteiger partial charge in [0.2, 0.25) is 0 Å². The van der Waals surface area contributed by atoms with E-state index in [4.69, 9.17) is 0 Å². The molecule has 0 bridgehead atoms. The third-order valence-electron chi connectivity index (χ3n) is 2.91. The summed E-state index contributed by atoms with van der Waals surface area (Å²) in [5.41, 5.74) is 0. The Bertz CT molecular complexity index is 109. The number of aliphatic hydroxyl groups excluding tert-OH is 1. The van der Waals surface area contributed by atoms with Crippen molar-refractivity contribution in [3.05, 3.63) is 0 Å². The summed E-state index contributed by atoms with van der Waals surface area (Å²) in [6.45, 7) is 2.42. The molecule has 1 aliphatic carbocycles. The van der Waals surface area contributed by atoms with Gasteiger partial charge in [0.1, 0.15) is 0 Å². The molecule has 0 aromatic heterocycles. The topological polar surface area (TPSA) is 23.5 Å². The molecule has 0 aromatic carbocycles. The zero-order chi connectivity index (χ0) is 7.14. The lowest BCUT2D eigenvalue weighted by Crippen LogP contribution is -2.17. The van der Waals surface area contributed by atoms with E-state index < -0.39 is 0 Å². The van der Waals surface area contributed by atoms with Crippen LogP contribution in [0.15, 0.2) is 0 Å². The highest BCUT2D eigenvalue weighted by atomic mass is 16.3. The number of nitrogens with zero attached hydrogens (tertiary/aromatic N) is 1. The summed E-state index contributed by atoms with van der Waals surface area (Å²) in [5.74, 6) is 1.61. The van der Waals surface area contributed by atoms with Crippen LogP contribution in [0.3, 0.4) is 0 Å². The van der Waals surface area contributed by atoms with E-state index in [0.29, 0.717) is 0 Å². The SMILES string of the molecule is CN1C[C@H]2CC(O)C[C@H]2C1. The lowest BCUT2D eigenvalue weighted by Gasteiger charge is -2.09. The van der Waals surface area contributed by atoms with E-state index in [1.54, 1.807) is 0 Å². The standard InChI is InChI=1S/C8H15NO/c1-9-4-6-2-8(10)3-7(6)5-9/h6-8,10H,2-5H2,1H3/t6-,7+,8?. The van der Waals surface area contributed by atoms with Crippen LogP contribution in [0, 0.1) is 11.8 Å². The summed E-state index contributed by atoms with van der Waals surface area (Å²) in [6.07, 6.45) is 2.12. The number of aliphatic hydroxyl groups is 1. The van der Waals surface area contributed by atoms with E-state index in [1.165, 1.54) is 13.1 Å². The van der Waals surface area contributed by atoms with Crippen LogP contribution in [0.5, 0.6) is 0 Å². The van der Waals surface area contributed by atoms with Gasteiger partial charge in [0, 0.05) is 13.1 Å². The first-order valence-corrected chi connectivity index (χ1v) is 4.12. The molecule has 0 amide bonds. The molecule has 1 saturated carbocycles. The zero-order valence-corrected chi connectivity index (χ0v) is 6.45. The van der Waals surface area contributed by atoms with E-state index >= 15 is 0 Å². The van der Waals surface area contributed by atoms with Gasteiger partial charge < -0.3 is 10.0 Å². The molecule has 2 nitrogen and oxygen atoms in total. The highest BCUT2D eigenvalue weighted by Gasteiger charge is 2.38. The fraction of sp³-hybridized carbons (Fsp3) is 1.00. The summed E-state index contributed by atoms with van der Waals surface area (Å²) in [5, 5.41) is 9.30. The minimum Gasteiger partial charge on any atom is -0.393 e. The van der Waals surface area contributed by atoms with Crippen LogP contribution in [0.1, 0.15) is 12.8 Å². The summed E-state index contributed by atoms with van der Waals surface area (Å²) in [4.78, 5) is 2.38. The lowest BCUT2D eigenvalue weighted by molar-refractivity contribution is 0.165. The number of likely N-dealkylation sites (tertiary alicyclic amines) is 1. The molecule has 0 aromatic rings. The summed E-state index contributed by atoms with van der Waals surface area (Å²) in [6, 6.07) is 0. The van der Waals surface area contributed by atoms with Crippen molar-refractivity contribution in [2.45, 2.75) is 18.9 Å². The third kappa shape index (κ3) is 0.956. The summed E-state index contributed by atoms with van der Waals surface area (Å²) < 4.78 is 0. The quantitative estimate of drug-likeness (QED) is 0.525. The Kier molecular flexibility index (Phi) is 1.46. The smallest absolute Gasteiger partial charge is 0.0546 e. The lowest BCUT2D eigenvalue weighted by atomic mass is 10.0. The van der Waals surface area contributed by atoms with Crippen molar-refractivity contribution >= 4 is 0 Å². The van der Waals surface area contributed by atoms with E-state index in [9.17, 15) is 5.11 Å². The molecule has 0 radical (unpaired) electrons. The minimum atomic E-state index is 0.0173. The van der Waals surface area contributed by atoms with Crippen LogP contribution in [-0.4, -0.2) is 36.2 Å². The molecule has 58 valence electrons. The molecule has 1 heterocycles. The van der Waals surface area contributed by atoms with Crippen LogP contribution in [-0.2, 0) is 0 Å². The molecule has 2 fully saturated rings. The average Bonchev–Trinajstić information content (AvgIpc) is 2.21. The van der Waals surface area contributed by atoms with Crippen molar-refractivity contribution in [1.82, 2.24) is 4.90 Å². The number of hydrogen-bond donors (Lipinski definition) is 1. The van der Waals surface area contributed by atoms with Gasteiger partial charge in [-0.2, -0.15) is 0 Å². The van der Waals surface area contributed by atoms with Gasteiger partial charge in [0.15, 0.2) is 0 Å². The van der Waals surface area contributed by atoms with Crippen molar-refractivity contribution < 1.29 is 5.11 Å². The van der Waals surface area contributed by atoms with Crippen LogP contribution >= 0.6 is 0 Å². The van der Waals surface area contributed by atoms with Gasteiger partial charge in [0.05, 0.1) is 6.10 Å². The van der Waals surface area contributed by atoms with Gasteiger partial charge in [-0.1, -0.05) is 0 Å². The maximum Gasteiger partial charge on any atom is 0.0546 e. The molecule has 1 saturated heterocycles. The first-order valence-electron chi connectivity index (χ1n) is 4.12. The van der Waals surface area contributed by atoms with Crippen molar-refractivity contribution in [2.24, 2.45) is 11.8 Å². The van der Waals surface area contributed by atoms with E-state index in [2.05, 4.69) is 11.9 Å². The Balaban J connectivity index is 2.00. The molecular formula is C8H15NO. The van der Waals surface area contributed by atoms with Crippen molar-refractivity contribution in [3.63, 3.8) is 0 Å². The van der Waals surface area contributed by atoms with Crippen LogP contribution in [0.4, 0.5) is 0 Å². The zero-order valence-electron chi connectivity index (χ0n) is 6.45. The maximum atomic E-state index is 9.30. The molecule has 3 atom stereocenters. The molecule has 2 heteroatoms. The van der Waals surface area contributed by atoms with Gasteiger partial charge in [-0.15, -0.1) is 0 Å². The van der Waals surface area contributed by atoms with Crippen molar-refractivity contribution in [2.75, 3.05) is 20.1 Å². The largest absolute Gasteiger partial charge is 0.393 e. The Labute approximate surface area is 61.8 Å². The number of fused-ring (bicyclic) bond motifs is 1. The van der Waals surface area contributed by atoms with Gasteiger partial charge in [-0.05, 0) is 31.7 Å². The average molecular weight is 141 g/mol.